The summed E-state index contributed by atoms with van der Waals surface area (Å²) in [6.45, 7) is 0.619. The molecular formula is C12H18N4. The molecule has 0 aromatic carbocycles. The molecule has 0 radical (unpaired) electrons. The number of pyridine rings is 1. The quantitative estimate of drug-likeness (QED) is 0.596. The van der Waals surface area contributed by atoms with Gasteiger partial charge in [0.1, 0.15) is 0 Å². The molecule has 0 unspecified atom stereocenters. The fourth-order valence-electron chi connectivity index (χ4n) is 1.99. The van der Waals surface area contributed by atoms with E-state index >= 15 is 0 Å². The Labute approximate surface area is 96.0 Å². The van der Waals surface area contributed by atoms with E-state index in [0.29, 0.717) is 18.5 Å². The highest BCUT2D eigenvalue weighted by Crippen LogP contribution is 2.17. The van der Waals surface area contributed by atoms with Crippen molar-refractivity contribution >= 4 is 5.96 Å². The molecule has 86 valence electrons. The summed E-state index contributed by atoms with van der Waals surface area (Å²) in [5, 5.41) is 3.26. The number of aromatic nitrogens is 1. The Morgan fingerprint density at radius 1 is 1.38 bits per heavy atom. The maximum Gasteiger partial charge on any atom is 0.189 e. The van der Waals surface area contributed by atoms with E-state index in [1.54, 1.807) is 12.4 Å². The van der Waals surface area contributed by atoms with Crippen LogP contribution in [0, 0.1) is 0 Å². The van der Waals surface area contributed by atoms with Crippen molar-refractivity contribution < 1.29 is 0 Å². The molecule has 16 heavy (non-hydrogen) atoms. The largest absolute Gasteiger partial charge is 0.370 e. The molecule has 1 aromatic heterocycles. The number of nitrogens with two attached hydrogens (primary N) is 1. The third kappa shape index (κ3) is 3.22. The van der Waals surface area contributed by atoms with E-state index in [2.05, 4.69) is 15.3 Å². The van der Waals surface area contributed by atoms with Gasteiger partial charge >= 0.3 is 0 Å². The highest BCUT2D eigenvalue weighted by atomic mass is 15.1. The molecule has 0 atom stereocenters. The zero-order valence-corrected chi connectivity index (χ0v) is 9.39. The van der Waals surface area contributed by atoms with Crippen LogP contribution in [-0.4, -0.2) is 17.0 Å². The second-order valence-electron chi connectivity index (χ2n) is 4.18. The molecule has 4 nitrogen and oxygen atoms in total. The Morgan fingerprint density at radius 3 is 2.75 bits per heavy atom. The molecule has 0 spiro atoms. The van der Waals surface area contributed by atoms with Gasteiger partial charge in [-0.25, -0.2) is 4.99 Å². The number of aliphatic imine (C=N–C) groups is 1. The third-order valence-electron chi connectivity index (χ3n) is 2.89. The van der Waals surface area contributed by atoms with Crippen molar-refractivity contribution in [2.24, 2.45) is 10.7 Å². The molecule has 0 aliphatic heterocycles. The summed E-state index contributed by atoms with van der Waals surface area (Å²) in [5.74, 6) is 0.559. The molecule has 2 rings (SSSR count). The molecule has 0 bridgehead atoms. The van der Waals surface area contributed by atoms with Crippen LogP contribution >= 0.6 is 0 Å². The Hall–Kier alpha value is -1.58. The van der Waals surface area contributed by atoms with Crippen molar-refractivity contribution in [3.8, 4) is 0 Å². The summed E-state index contributed by atoms with van der Waals surface area (Å²) in [7, 11) is 0. The van der Waals surface area contributed by atoms with Gasteiger partial charge < -0.3 is 11.1 Å². The summed E-state index contributed by atoms with van der Waals surface area (Å²) in [4.78, 5) is 8.27. The lowest BCUT2D eigenvalue weighted by Gasteiger charge is -2.12. The summed E-state index contributed by atoms with van der Waals surface area (Å²) in [6, 6.07) is 4.43. The van der Waals surface area contributed by atoms with Gasteiger partial charge in [0.15, 0.2) is 5.96 Å². The predicted molar refractivity (Wildman–Crippen MR) is 65.0 cm³/mol. The van der Waals surface area contributed by atoms with Gasteiger partial charge in [0.25, 0.3) is 0 Å². The van der Waals surface area contributed by atoms with Crippen LogP contribution in [0.4, 0.5) is 0 Å². The molecule has 3 N–H and O–H groups in total. The molecule has 0 saturated heterocycles. The fraction of sp³-hybridized carbons (Fsp3) is 0.500. The topological polar surface area (TPSA) is 63.3 Å². The number of guanidine groups is 1. The molecule has 0 amide bonds. The van der Waals surface area contributed by atoms with Gasteiger partial charge in [-0.2, -0.15) is 0 Å². The summed E-state index contributed by atoms with van der Waals surface area (Å²) >= 11 is 0. The monoisotopic (exact) mass is 218 g/mol. The Bertz CT molecular complexity index is 341. The number of hydrogen-bond donors (Lipinski definition) is 2. The minimum Gasteiger partial charge on any atom is -0.370 e. The Kier molecular flexibility index (Phi) is 3.75. The predicted octanol–water partition coefficient (Wildman–Crippen LogP) is 1.43. The first-order valence-electron chi connectivity index (χ1n) is 5.80. The van der Waals surface area contributed by atoms with Gasteiger partial charge in [-0.15, -0.1) is 0 Å². The van der Waals surface area contributed by atoms with Crippen LogP contribution in [0.15, 0.2) is 29.5 Å². The SMILES string of the molecule is NC(=NCc1ccncc1)NC1CCCC1. The van der Waals surface area contributed by atoms with Crippen molar-refractivity contribution in [3.05, 3.63) is 30.1 Å². The molecule has 1 aliphatic carbocycles. The average molecular weight is 218 g/mol. The highest BCUT2D eigenvalue weighted by Gasteiger charge is 2.14. The van der Waals surface area contributed by atoms with Crippen LogP contribution in [0.2, 0.25) is 0 Å². The van der Waals surface area contributed by atoms with E-state index < -0.39 is 0 Å². The zero-order chi connectivity index (χ0) is 11.2. The van der Waals surface area contributed by atoms with E-state index in [-0.39, 0.29) is 0 Å². The molecular weight excluding hydrogens is 200 g/mol. The standard InChI is InChI=1S/C12H18N4/c13-12(16-11-3-1-2-4-11)15-9-10-5-7-14-8-6-10/h5-8,11H,1-4,9H2,(H3,13,15,16). The smallest absolute Gasteiger partial charge is 0.189 e. The van der Waals surface area contributed by atoms with Gasteiger partial charge in [-0.3, -0.25) is 4.98 Å². The summed E-state index contributed by atoms with van der Waals surface area (Å²) in [6.07, 6.45) is 8.57. The molecule has 1 fully saturated rings. The van der Waals surface area contributed by atoms with Crippen LogP contribution in [0.5, 0.6) is 0 Å². The lowest BCUT2D eigenvalue weighted by Crippen LogP contribution is -2.38. The normalized spacial score (nSPS) is 17.6. The van der Waals surface area contributed by atoms with Gasteiger partial charge in [0.05, 0.1) is 6.54 Å². The van der Waals surface area contributed by atoms with E-state index in [1.165, 1.54) is 25.7 Å². The van der Waals surface area contributed by atoms with Crippen molar-refractivity contribution in [2.75, 3.05) is 0 Å². The van der Waals surface area contributed by atoms with Crippen molar-refractivity contribution in [2.45, 2.75) is 38.3 Å². The van der Waals surface area contributed by atoms with Gasteiger partial charge in [-0.05, 0) is 30.5 Å². The van der Waals surface area contributed by atoms with Crippen LogP contribution in [-0.2, 0) is 6.54 Å². The molecule has 4 heteroatoms. The highest BCUT2D eigenvalue weighted by molar-refractivity contribution is 5.78. The minimum absolute atomic E-state index is 0.529. The van der Waals surface area contributed by atoms with E-state index in [4.69, 9.17) is 5.73 Å². The average Bonchev–Trinajstić information content (AvgIpc) is 2.81. The lowest BCUT2D eigenvalue weighted by molar-refractivity contribution is 0.625. The van der Waals surface area contributed by atoms with Crippen LogP contribution in [0.25, 0.3) is 0 Å². The second kappa shape index (κ2) is 5.49. The van der Waals surface area contributed by atoms with Crippen molar-refractivity contribution in [1.82, 2.24) is 10.3 Å². The summed E-state index contributed by atoms with van der Waals surface area (Å²) in [5.41, 5.74) is 6.96. The van der Waals surface area contributed by atoms with Gasteiger partial charge in [-0.1, -0.05) is 12.8 Å². The first-order chi connectivity index (χ1) is 7.84. The van der Waals surface area contributed by atoms with Crippen molar-refractivity contribution in [3.63, 3.8) is 0 Å². The number of rotatable bonds is 3. The maximum absolute atomic E-state index is 5.82. The number of hydrogen-bond acceptors (Lipinski definition) is 2. The fourth-order valence-corrected chi connectivity index (χ4v) is 1.99. The molecule has 1 aliphatic rings. The second-order valence-corrected chi connectivity index (χ2v) is 4.18. The van der Waals surface area contributed by atoms with E-state index in [9.17, 15) is 0 Å². The van der Waals surface area contributed by atoms with Crippen molar-refractivity contribution in [1.29, 1.82) is 0 Å². The minimum atomic E-state index is 0.529. The number of nitrogens with zero attached hydrogens (tertiary/aromatic N) is 2. The Balaban J connectivity index is 1.82. The number of nitrogens with one attached hydrogen (secondary N) is 1. The summed E-state index contributed by atoms with van der Waals surface area (Å²) < 4.78 is 0. The Morgan fingerprint density at radius 2 is 2.06 bits per heavy atom. The van der Waals surface area contributed by atoms with Crippen LogP contribution < -0.4 is 11.1 Å². The third-order valence-corrected chi connectivity index (χ3v) is 2.89. The lowest BCUT2D eigenvalue weighted by atomic mass is 10.2. The van der Waals surface area contributed by atoms with Crippen LogP contribution in [0.3, 0.4) is 0 Å². The van der Waals surface area contributed by atoms with E-state index in [1.807, 2.05) is 12.1 Å². The zero-order valence-electron chi connectivity index (χ0n) is 9.39. The first kappa shape index (κ1) is 10.9. The van der Waals surface area contributed by atoms with Gasteiger partial charge in [0.2, 0.25) is 0 Å². The van der Waals surface area contributed by atoms with E-state index in [0.717, 1.165) is 5.56 Å². The molecule has 1 aromatic rings. The molecule has 1 heterocycles. The first-order valence-corrected chi connectivity index (χ1v) is 5.80. The van der Waals surface area contributed by atoms with Gasteiger partial charge in [0, 0.05) is 18.4 Å². The molecule has 1 saturated carbocycles. The van der Waals surface area contributed by atoms with Crippen LogP contribution in [0.1, 0.15) is 31.2 Å². The maximum atomic E-state index is 5.82.